The zero-order valence-corrected chi connectivity index (χ0v) is 18.5. The van der Waals surface area contributed by atoms with Crippen LogP contribution in [-0.4, -0.2) is 61.5 Å². The molecule has 34 heavy (non-hydrogen) atoms. The van der Waals surface area contributed by atoms with Crippen LogP contribution in [0.5, 0.6) is 0 Å². The summed E-state index contributed by atoms with van der Waals surface area (Å²) in [5, 5.41) is 21.3. The first-order valence-corrected chi connectivity index (χ1v) is 11.5. The lowest BCUT2D eigenvalue weighted by atomic mass is 9.84. The van der Waals surface area contributed by atoms with Crippen LogP contribution in [0.1, 0.15) is 19.3 Å². The Morgan fingerprint density at radius 3 is 2.44 bits per heavy atom. The molecule has 10 heteroatoms. The SMILES string of the molecule is O=C(C1CCC1)N1CCN(c2nc3ccccc3c3nnc(-c4ccccc4[N+](=O)[O-])n23)CC1. The van der Waals surface area contributed by atoms with Crippen molar-refractivity contribution in [1.82, 2.24) is 24.5 Å². The maximum absolute atomic E-state index is 12.7. The smallest absolute Gasteiger partial charge is 0.280 e. The second kappa shape index (κ2) is 8.05. The number of aromatic nitrogens is 4. The summed E-state index contributed by atoms with van der Waals surface area (Å²) in [5.41, 5.74) is 1.73. The highest BCUT2D eigenvalue weighted by Gasteiger charge is 2.32. The number of hydrogen-bond acceptors (Lipinski definition) is 7. The zero-order chi connectivity index (χ0) is 23.2. The van der Waals surface area contributed by atoms with E-state index in [-0.39, 0.29) is 17.5 Å². The van der Waals surface area contributed by atoms with Crippen molar-refractivity contribution in [1.29, 1.82) is 0 Å². The van der Waals surface area contributed by atoms with Gasteiger partial charge < -0.3 is 9.80 Å². The predicted molar refractivity (Wildman–Crippen MR) is 127 cm³/mol. The van der Waals surface area contributed by atoms with Gasteiger partial charge in [0.15, 0.2) is 11.5 Å². The number of hydrogen-bond donors (Lipinski definition) is 0. The number of amides is 1. The van der Waals surface area contributed by atoms with E-state index in [1.165, 1.54) is 6.07 Å². The van der Waals surface area contributed by atoms with Gasteiger partial charge in [-0.25, -0.2) is 9.38 Å². The van der Waals surface area contributed by atoms with E-state index in [0.717, 1.165) is 30.2 Å². The van der Waals surface area contributed by atoms with Crippen LogP contribution in [-0.2, 0) is 4.79 Å². The fraction of sp³-hybridized carbons (Fsp3) is 0.333. The van der Waals surface area contributed by atoms with Crippen LogP contribution in [0.15, 0.2) is 48.5 Å². The Morgan fingerprint density at radius 2 is 1.71 bits per heavy atom. The second-order valence-corrected chi connectivity index (χ2v) is 8.83. The first kappa shape index (κ1) is 20.5. The molecule has 0 radical (unpaired) electrons. The fourth-order valence-electron chi connectivity index (χ4n) is 4.81. The third kappa shape index (κ3) is 3.25. The molecular formula is C24H23N7O3. The fourth-order valence-corrected chi connectivity index (χ4v) is 4.81. The van der Waals surface area contributed by atoms with Crippen LogP contribution < -0.4 is 4.90 Å². The highest BCUT2D eigenvalue weighted by atomic mass is 16.6. The van der Waals surface area contributed by atoms with E-state index >= 15 is 0 Å². The number of carbonyl (C=O) groups excluding carboxylic acids is 1. The van der Waals surface area contributed by atoms with Gasteiger partial charge in [0.2, 0.25) is 11.9 Å². The largest absolute Gasteiger partial charge is 0.339 e. The average molecular weight is 457 g/mol. The molecule has 2 fully saturated rings. The van der Waals surface area contributed by atoms with Gasteiger partial charge in [-0.3, -0.25) is 14.9 Å². The van der Waals surface area contributed by atoms with E-state index in [4.69, 9.17) is 4.98 Å². The number of piperazine rings is 1. The molecule has 1 amide bonds. The Bertz CT molecular complexity index is 1420. The molecule has 4 aromatic rings. The number of rotatable bonds is 4. The molecule has 1 aliphatic heterocycles. The number of nitrogens with zero attached hydrogens (tertiary/aromatic N) is 7. The summed E-state index contributed by atoms with van der Waals surface area (Å²) in [6.45, 7) is 2.48. The molecule has 0 spiro atoms. The minimum Gasteiger partial charge on any atom is -0.339 e. The molecule has 3 heterocycles. The zero-order valence-electron chi connectivity index (χ0n) is 18.5. The summed E-state index contributed by atoms with van der Waals surface area (Å²) >= 11 is 0. The number of nitro benzene ring substituents is 1. The van der Waals surface area contributed by atoms with Crippen LogP contribution in [0.4, 0.5) is 11.6 Å². The van der Waals surface area contributed by atoms with E-state index in [9.17, 15) is 14.9 Å². The Balaban J connectivity index is 1.45. The molecule has 6 rings (SSSR count). The van der Waals surface area contributed by atoms with E-state index in [2.05, 4.69) is 15.1 Å². The van der Waals surface area contributed by atoms with Gasteiger partial charge >= 0.3 is 0 Å². The summed E-state index contributed by atoms with van der Waals surface area (Å²) in [7, 11) is 0. The molecule has 10 nitrogen and oxygen atoms in total. The van der Waals surface area contributed by atoms with Crippen LogP contribution >= 0.6 is 0 Å². The van der Waals surface area contributed by atoms with Gasteiger partial charge in [0.05, 0.1) is 16.0 Å². The van der Waals surface area contributed by atoms with Gasteiger partial charge in [0.25, 0.3) is 5.69 Å². The van der Waals surface area contributed by atoms with Crippen molar-refractivity contribution in [2.24, 2.45) is 5.92 Å². The number of nitro groups is 1. The van der Waals surface area contributed by atoms with Gasteiger partial charge in [0, 0.05) is 43.5 Å². The topological polar surface area (TPSA) is 110 Å². The lowest BCUT2D eigenvalue weighted by molar-refractivity contribution is -0.384. The van der Waals surface area contributed by atoms with Crippen LogP contribution in [0.2, 0.25) is 0 Å². The van der Waals surface area contributed by atoms with Gasteiger partial charge in [-0.2, -0.15) is 0 Å². The Kier molecular flexibility index (Phi) is 4.86. The Labute approximate surface area is 195 Å². The Hall–Kier alpha value is -4.08. The molecular weight excluding hydrogens is 434 g/mol. The van der Waals surface area contributed by atoms with Crippen molar-refractivity contribution < 1.29 is 9.72 Å². The lowest BCUT2D eigenvalue weighted by Gasteiger charge is -2.38. The predicted octanol–water partition coefficient (Wildman–Crippen LogP) is 3.30. The third-order valence-electron chi connectivity index (χ3n) is 6.90. The third-order valence-corrected chi connectivity index (χ3v) is 6.90. The number of para-hydroxylation sites is 2. The Morgan fingerprint density at radius 1 is 0.971 bits per heavy atom. The van der Waals surface area contributed by atoms with Crippen LogP contribution in [0.3, 0.4) is 0 Å². The van der Waals surface area contributed by atoms with E-state index in [1.54, 1.807) is 18.2 Å². The van der Waals surface area contributed by atoms with Gasteiger partial charge in [-0.15, -0.1) is 10.2 Å². The van der Waals surface area contributed by atoms with Crippen molar-refractivity contribution in [2.75, 3.05) is 31.1 Å². The average Bonchev–Trinajstić information content (AvgIpc) is 3.28. The van der Waals surface area contributed by atoms with Crippen molar-refractivity contribution in [3.63, 3.8) is 0 Å². The van der Waals surface area contributed by atoms with E-state index < -0.39 is 4.92 Å². The number of fused-ring (bicyclic) bond motifs is 3. The summed E-state index contributed by atoms with van der Waals surface area (Å²) in [6.07, 6.45) is 3.12. The minimum atomic E-state index is -0.407. The molecule has 2 aliphatic rings. The molecule has 1 saturated heterocycles. The maximum Gasteiger partial charge on any atom is 0.280 e. The first-order valence-electron chi connectivity index (χ1n) is 11.5. The van der Waals surface area contributed by atoms with Crippen LogP contribution in [0, 0.1) is 16.0 Å². The summed E-state index contributed by atoms with van der Waals surface area (Å²) in [6, 6.07) is 14.2. The molecule has 0 atom stereocenters. The monoisotopic (exact) mass is 457 g/mol. The normalized spacial score (nSPS) is 16.7. The number of carbonyl (C=O) groups is 1. The van der Waals surface area contributed by atoms with Crippen molar-refractivity contribution in [2.45, 2.75) is 19.3 Å². The minimum absolute atomic E-state index is 0.0353. The van der Waals surface area contributed by atoms with Gasteiger partial charge in [-0.05, 0) is 31.0 Å². The first-order chi connectivity index (χ1) is 16.6. The highest BCUT2D eigenvalue weighted by molar-refractivity contribution is 5.93. The number of benzene rings is 2. The van der Waals surface area contributed by atoms with Crippen molar-refractivity contribution in [3.8, 4) is 11.4 Å². The standard InChI is InChI=1S/C24H23N7O3/c32-23(16-6-5-7-16)28-12-14-29(15-13-28)24-25-19-10-3-1-8-17(19)21-26-27-22(30(21)24)18-9-2-4-11-20(18)31(33)34/h1-4,8-11,16H,5-7,12-15H2. The molecule has 172 valence electrons. The molecule has 2 aromatic carbocycles. The lowest BCUT2D eigenvalue weighted by Crippen LogP contribution is -2.51. The van der Waals surface area contributed by atoms with Crippen LogP contribution in [0.25, 0.3) is 27.9 Å². The van der Waals surface area contributed by atoms with Gasteiger partial charge in [0.1, 0.15) is 0 Å². The van der Waals surface area contributed by atoms with Crippen molar-refractivity contribution >= 4 is 34.1 Å². The van der Waals surface area contributed by atoms with Gasteiger partial charge in [-0.1, -0.05) is 30.7 Å². The van der Waals surface area contributed by atoms with E-state index in [0.29, 0.717) is 49.2 Å². The summed E-state index contributed by atoms with van der Waals surface area (Å²) in [4.78, 5) is 33.0. The molecule has 0 N–H and O–H groups in total. The molecule has 0 bridgehead atoms. The van der Waals surface area contributed by atoms with E-state index in [1.807, 2.05) is 33.6 Å². The molecule has 0 unspecified atom stereocenters. The molecule has 1 saturated carbocycles. The summed E-state index contributed by atoms with van der Waals surface area (Å²) < 4.78 is 1.81. The highest BCUT2D eigenvalue weighted by Crippen LogP contribution is 2.33. The molecule has 2 aromatic heterocycles. The van der Waals surface area contributed by atoms with Crippen molar-refractivity contribution in [3.05, 3.63) is 58.6 Å². The number of anilines is 1. The second-order valence-electron chi connectivity index (χ2n) is 8.83. The maximum atomic E-state index is 12.7. The summed E-state index contributed by atoms with van der Waals surface area (Å²) in [5.74, 6) is 1.44. The quantitative estimate of drug-likeness (QED) is 0.342. The molecule has 1 aliphatic carbocycles.